The Balaban J connectivity index is 2.03. The van der Waals surface area contributed by atoms with E-state index in [9.17, 15) is 0 Å². The molecule has 1 fully saturated rings. The molecular weight excluding hydrogens is 196 g/mol. The van der Waals surface area contributed by atoms with Crippen LogP contribution in [0, 0.1) is 0 Å². The fraction of sp³-hybridized carbons (Fsp3) is 0.786. The Bertz CT molecular complexity index is 280. The van der Waals surface area contributed by atoms with Gasteiger partial charge in [-0.1, -0.05) is 51.9 Å². The minimum Gasteiger partial charge on any atom is -0.282 e. The molecule has 0 unspecified atom stereocenters. The topological polar surface area (TPSA) is 28.7 Å². The van der Waals surface area contributed by atoms with Crippen molar-refractivity contribution in [3.8, 4) is 0 Å². The highest BCUT2D eigenvalue weighted by Gasteiger charge is 2.27. The SMILES string of the molecule is CC1(c2ccn[nH]2)CCCCCCCCC1. The highest BCUT2D eigenvalue weighted by Crippen LogP contribution is 2.34. The second-order valence-corrected chi connectivity index (χ2v) is 5.51. The molecule has 1 saturated carbocycles. The number of hydrogen-bond acceptors (Lipinski definition) is 1. The van der Waals surface area contributed by atoms with Crippen LogP contribution in [-0.4, -0.2) is 10.2 Å². The summed E-state index contributed by atoms with van der Waals surface area (Å²) >= 11 is 0. The number of nitrogens with zero attached hydrogens (tertiary/aromatic N) is 1. The molecule has 0 saturated heterocycles. The van der Waals surface area contributed by atoms with E-state index in [0.717, 1.165) is 0 Å². The summed E-state index contributed by atoms with van der Waals surface area (Å²) in [6.45, 7) is 2.40. The molecule has 1 aromatic heterocycles. The van der Waals surface area contributed by atoms with Crippen LogP contribution in [0.25, 0.3) is 0 Å². The predicted molar refractivity (Wildman–Crippen MR) is 67.5 cm³/mol. The van der Waals surface area contributed by atoms with E-state index in [1.54, 1.807) is 0 Å². The van der Waals surface area contributed by atoms with Crippen LogP contribution >= 0.6 is 0 Å². The molecule has 0 aromatic carbocycles. The van der Waals surface area contributed by atoms with E-state index < -0.39 is 0 Å². The van der Waals surface area contributed by atoms with E-state index in [0.29, 0.717) is 5.41 Å². The molecule has 1 heterocycles. The highest BCUT2D eigenvalue weighted by molar-refractivity contribution is 5.13. The van der Waals surface area contributed by atoms with Gasteiger partial charge in [-0.3, -0.25) is 5.10 Å². The Morgan fingerprint density at radius 1 is 1.00 bits per heavy atom. The standard InChI is InChI=1S/C14H24N2/c1-14(13-9-12-15-16-13)10-7-5-3-2-4-6-8-11-14/h9,12H,2-8,10-11H2,1H3,(H,15,16). The maximum Gasteiger partial charge on any atom is 0.0490 e. The van der Waals surface area contributed by atoms with Crippen LogP contribution in [0.5, 0.6) is 0 Å². The molecule has 2 heteroatoms. The molecule has 0 spiro atoms. The third-order valence-electron chi connectivity index (χ3n) is 4.11. The third-order valence-corrected chi connectivity index (χ3v) is 4.11. The Kier molecular flexibility index (Phi) is 4.03. The van der Waals surface area contributed by atoms with Crippen LogP contribution < -0.4 is 0 Å². The Morgan fingerprint density at radius 2 is 1.56 bits per heavy atom. The summed E-state index contributed by atoms with van der Waals surface area (Å²) in [7, 11) is 0. The van der Waals surface area contributed by atoms with Crippen molar-refractivity contribution in [3.05, 3.63) is 18.0 Å². The molecule has 1 aromatic rings. The maximum absolute atomic E-state index is 4.11. The Labute approximate surface area is 98.8 Å². The lowest BCUT2D eigenvalue weighted by Gasteiger charge is -2.29. The second kappa shape index (κ2) is 5.51. The molecule has 0 atom stereocenters. The molecule has 2 rings (SSSR count). The molecule has 0 radical (unpaired) electrons. The van der Waals surface area contributed by atoms with Gasteiger partial charge in [0.2, 0.25) is 0 Å². The van der Waals surface area contributed by atoms with Crippen molar-refractivity contribution >= 4 is 0 Å². The van der Waals surface area contributed by atoms with Crippen molar-refractivity contribution in [2.24, 2.45) is 0 Å². The molecule has 0 aliphatic heterocycles. The number of aromatic amines is 1. The lowest BCUT2D eigenvalue weighted by Crippen LogP contribution is -2.23. The smallest absolute Gasteiger partial charge is 0.0490 e. The van der Waals surface area contributed by atoms with Crippen molar-refractivity contribution in [2.45, 2.75) is 70.1 Å². The van der Waals surface area contributed by atoms with Crippen molar-refractivity contribution in [1.29, 1.82) is 0 Å². The van der Waals surface area contributed by atoms with Gasteiger partial charge in [0.1, 0.15) is 0 Å². The average Bonchev–Trinajstić information content (AvgIpc) is 2.81. The van der Waals surface area contributed by atoms with E-state index in [4.69, 9.17) is 0 Å². The second-order valence-electron chi connectivity index (χ2n) is 5.51. The molecule has 2 nitrogen and oxygen atoms in total. The van der Waals surface area contributed by atoms with Crippen LogP contribution in [-0.2, 0) is 5.41 Å². The van der Waals surface area contributed by atoms with E-state index in [1.807, 2.05) is 6.20 Å². The van der Waals surface area contributed by atoms with E-state index >= 15 is 0 Å². The fourth-order valence-corrected chi connectivity index (χ4v) is 2.90. The molecule has 1 aliphatic rings. The highest BCUT2D eigenvalue weighted by atomic mass is 15.1. The van der Waals surface area contributed by atoms with Crippen LogP contribution in [0.2, 0.25) is 0 Å². The molecule has 1 aliphatic carbocycles. The quantitative estimate of drug-likeness (QED) is 0.755. The van der Waals surface area contributed by atoms with Crippen LogP contribution in [0.1, 0.15) is 70.4 Å². The number of hydrogen-bond donors (Lipinski definition) is 1. The predicted octanol–water partition coefficient (Wildman–Crippen LogP) is 4.19. The zero-order valence-electron chi connectivity index (χ0n) is 10.5. The largest absolute Gasteiger partial charge is 0.282 e. The van der Waals surface area contributed by atoms with Gasteiger partial charge in [0.15, 0.2) is 0 Å². The number of rotatable bonds is 1. The van der Waals surface area contributed by atoms with E-state index in [1.165, 1.54) is 63.5 Å². The lowest BCUT2D eigenvalue weighted by atomic mass is 9.76. The zero-order chi connectivity index (χ0) is 11.3. The van der Waals surface area contributed by atoms with Gasteiger partial charge >= 0.3 is 0 Å². The summed E-state index contributed by atoms with van der Waals surface area (Å²) in [5, 5.41) is 7.30. The third kappa shape index (κ3) is 2.87. The zero-order valence-corrected chi connectivity index (χ0v) is 10.5. The molecule has 0 amide bonds. The van der Waals surface area contributed by atoms with Crippen molar-refractivity contribution in [2.75, 3.05) is 0 Å². The van der Waals surface area contributed by atoms with Crippen molar-refractivity contribution in [3.63, 3.8) is 0 Å². The fourth-order valence-electron chi connectivity index (χ4n) is 2.90. The molecule has 1 N–H and O–H groups in total. The summed E-state index contributed by atoms with van der Waals surface area (Å²) in [4.78, 5) is 0. The summed E-state index contributed by atoms with van der Waals surface area (Å²) in [6.07, 6.45) is 14.4. The van der Waals surface area contributed by atoms with Gasteiger partial charge in [0, 0.05) is 17.3 Å². The number of nitrogens with one attached hydrogen (secondary N) is 1. The molecular formula is C14H24N2. The number of aromatic nitrogens is 2. The van der Waals surface area contributed by atoms with Gasteiger partial charge in [-0.05, 0) is 18.9 Å². The first-order chi connectivity index (χ1) is 7.81. The summed E-state index contributed by atoms with van der Waals surface area (Å²) < 4.78 is 0. The van der Waals surface area contributed by atoms with Crippen molar-refractivity contribution < 1.29 is 0 Å². The van der Waals surface area contributed by atoms with Crippen LogP contribution in [0.15, 0.2) is 12.3 Å². The average molecular weight is 220 g/mol. The van der Waals surface area contributed by atoms with Crippen LogP contribution in [0.4, 0.5) is 0 Å². The Hall–Kier alpha value is -0.790. The van der Waals surface area contributed by atoms with E-state index in [-0.39, 0.29) is 0 Å². The minimum absolute atomic E-state index is 0.341. The molecule has 90 valence electrons. The number of H-pyrrole nitrogens is 1. The van der Waals surface area contributed by atoms with Gasteiger partial charge in [-0.25, -0.2) is 0 Å². The van der Waals surface area contributed by atoms with Gasteiger partial charge < -0.3 is 0 Å². The van der Waals surface area contributed by atoms with E-state index in [2.05, 4.69) is 23.2 Å². The lowest BCUT2D eigenvalue weighted by molar-refractivity contribution is 0.343. The summed E-state index contributed by atoms with van der Waals surface area (Å²) in [5.74, 6) is 0. The maximum atomic E-state index is 4.11. The van der Waals surface area contributed by atoms with Crippen molar-refractivity contribution in [1.82, 2.24) is 10.2 Å². The summed E-state index contributed by atoms with van der Waals surface area (Å²) in [5.41, 5.74) is 1.68. The minimum atomic E-state index is 0.341. The first-order valence-electron chi connectivity index (χ1n) is 6.81. The first-order valence-corrected chi connectivity index (χ1v) is 6.81. The first kappa shape index (κ1) is 11.7. The summed E-state index contributed by atoms with van der Waals surface area (Å²) in [6, 6.07) is 2.16. The molecule has 0 bridgehead atoms. The van der Waals surface area contributed by atoms with Crippen LogP contribution in [0.3, 0.4) is 0 Å². The van der Waals surface area contributed by atoms with Gasteiger partial charge in [-0.15, -0.1) is 0 Å². The monoisotopic (exact) mass is 220 g/mol. The normalized spacial score (nSPS) is 22.8. The van der Waals surface area contributed by atoms with Gasteiger partial charge in [-0.2, -0.15) is 5.10 Å². The molecule has 16 heavy (non-hydrogen) atoms. The van der Waals surface area contributed by atoms with Gasteiger partial charge in [0.05, 0.1) is 0 Å². The van der Waals surface area contributed by atoms with Gasteiger partial charge in [0.25, 0.3) is 0 Å². The Morgan fingerprint density at radius 3 is 2.06 bits per heavy atom.